The Morgan fingerprint density at radius 3 is 2.63 bits per heavy atom. The number of Topliss-reactive ketones (excluding diaryl/α,β-unsaturated/α-hetero) is 1. The zero-order chi connectivity index (χ0) is 13.8. The van der Waals surface area contributed by atoms with Crippen molar-refractivity contribution in [3.8, 4) is 0 Å². The SMILES string of the molecule is Cc1cccc(CCC(=O)c2cc(Cl)ccc2Cl)c1. The largest absolute Gasteiger partial charge is 0.294 e. The van der Waals surface area contributed by atoms with E-state index in [0.29, 0.717) is 28.5 Å². The summed E-state index contributed by atoms with van der Waals surface area (Å²) in [6.07, 6.45) is 1.15. The van der Waals surface area contributed by atoms with Crippen LogP contribution in [0.5, 0.6) is 0 Å². The Balaban J connectivity index is 2.07. The lowest BCUT2D eigenvalue weighted by molar-refractivity contribution is 0.0983. The lowest BCUT2D eigenvalue weighted by atomic mass is 10.0. The Morgan fingerprint density at radius 1 is 1.11 bits per heavy atom. The van der Waals surface area contributed by atoms with Crippen LogP contribution in [0.15, 0.2) is 42.5 Å². The molecule has 0 amide bonds. The van der Waals surface area contributed by atoms with E-state index in [0.717, 1.165) is 5.56 Å². The average molecular weight is 293 g/mol. The van der Waals surface area contributed by atoms with Gasteiger partial charge in [0.05, 0.1) is 5.02 Å². The number of hydrogen-bond acceptors (Lipinski definition) is 1. The molecular formula is C16H14Cl2O. The Morgan fingerprint density at radius 2 is 1.89 bits per heavy atom. The molecule has 0 radical (unpaired) electrons. The van der Waals surface area contributed by atoms with Gasteiger partial charge in [-0.3, -0.25) is 4.79 Å². The van der Waals surface area contributed by atoms with Crippen molar-refractivity contribution in [1.82, 2.24) is 0 Å². The van der Waals surface area contributed by atoms with Gasteiger partial charge in [-0.05, 0) is 37.1 Å². The van der Waals surface area contributed by atoms with Crippen LogP contribution in [-0.2, 0) is 6.42 Å². The highest BCUT2D eigenvalue weighted by Gasteiger charge is 2.11. The summed E-state index contributed by atoms with van der Waals surface area (Å²) in [7, 11) is 0. The third-order valence-electron chi connectivity index (χ3n) is 2.95. The fraction of sp³-hybridized carbons (Fsp3) is 0.188. The first-order chi connectivity index (χ1) is 9.06. The quantitative estimate of drug-likeness (QED) is 0.715. The zero-order valence-electron chi connectivity index (χ0n) is 10.6. The Kier molecular flexibility index (Phi) is 4.62. The van der Waals surface area contributed by atoms with E-state index in [2.05, 4.69) is 6.07 Å². The summed E-state index contributed by atoms with van der Waals surface area (Å²) in [4.78, 5) is 12.1. The summed E-state index contributed by atoms with van der Waals surface area (Å²) in [5.74, 6) is 0.0222. The van der Waals surface area contributed by atoms with E-state index in [1.165, 1.54) is 5.56 Å². The maximum atomic E-state index is 12.1. The topological polar surface area (TPSA) is 17.1 Å². The predicted molar refractivity (Wildman–Crippen MR) is 80.3 cm³/mol. The van der Waals surface area contributed by atoms with Gasteiger partial charge in [-0.25, -0.2) is 0 Å². The molecule has 19 heavy (non-hydrogen) atoms. The molecule has 0 fully saturated rings. The summed E-state index contributed by atoms with van der Waals surface area (Å²) < 4.78 is 0. The molecule has 2 aromatic rings. The second-order valence-corrected chi connectivity index (χ2v) is 5.38. The first kappa shape index (κ1) is 14.1. The standard InChI is InChI=1S/C16H14Cl2O/c1-11-3-2-4-12(9-11)5-8-16(19)14-10-13(17)6-7-15(14)18/h2-4,6-7,9-10H,5,8H2,1H3. The second-order valence-electron chi connectivity index (χ2n) is 4.54. The van der Waals surface area contributed by atoms with Gasteiger partial charge >= 0.3 is 0 Å². The molecule has 0 atom stereocenters. The number of carbonyl (C=O) groups excluding carboxylic acids is 1. The minimum absolute atomic E-state index is 0.0222. The van der Waals surface area contributed by atoms with Crippen molar-refractivity contribution >= 4 is 29.0 Å². The van der Waals surface area contributed by atoms with Gasteiger partial charge in [-0.15, -0.1) is 0 Å². The van der Waals surface area contributed by atoms with Crippen LogP contribution in [0.3, 0.4) is 0 Å². The van der Waals surface area contributed by atoms with Crippen LogP contribution in [0.1, 0.15) is 27.9 Å². The molecule has 3 heteroatoms. The molecule has 1 nitrogen and oxygen atoms in total. The van der Waals surface area contributed by atoms with Crippen LogP contribution < -0.4 is 0 Å². The van der Waals surface area contributed by atoms with Crippen LogP contribution in [0.4, 0.5) is 0 Å². The molecule has 0 aliphatic rings. The molecule has 0 saturated carbocycles. The summed E-state index contributed by atoms with van der Waals surface area (Å²) in [6.45, 7) is 2.04. The van der Waals surface area contributed by atoms with Gasteiger partial charge in [-0.1, -0.05) is 53.0 Å². The summed E-state index contributed by atoms with van der Waals surface area (Å²) in [5.41, 5.74) is 2.86. The Labute approximate surface area is 123 Å². The van der Waals surface area contributed by atoms with E-state index >= 15 is 0 Å². The Hall–Kier alpha value is -1.31. The molecule has 98 valence electrons. The highest BCUT2D eigenvalue weighted by atomic mass is 35.5. The molecule has 2 aromatic carbocycles. The van der Waals surface area contributed by atoms with Crippen LogP contribution in [0, 0.1) is 6.92 Å². The van der Waals surface area contributed by atoms with E-state index in [4.69, 9.17) is 23.2 Å². The number of rotatable bonds is 4. The first-order valence-corrected chi connectivity index (χ1v) is 6.85. The third kappa shape index (κ3) is 3.82. The highest BCUT2D eigenvalue weighted by molar-refractivity contribution is 6.35. The number of carbonyl (C=O) groups is 1. The Bertz CT molecular complexity index is 605. The third-order valence-corrected chi connectivity index (χ3v) is 3.52. The normalized spacial score (nSPS) is 10.5. The van der Waals surface area contributed by atoms with Gasteiger partial charge in [0, 0.05) is 17.0 Å². The van der Waals surface area contributed by atoms with Crippen LogP contribution in [0.2, 0.25) is 10.0 Å². The van der Waals surface area contributed by atoms with Crippen molar-refractivity contribution in [3.63, 3.8) is 0 Å². The summed E-state index contributed by atoms with van der Waals surface area (Å²) >= 11 is 11.9. The molecule has 0 spiro atoms. The molecule has 0 aromatic heterocycles. The minimum atomic E-state index is 0.0222. The minimum Gasteiger partial charge on any atom is -0.294 e. The van der Waals surface area contributed by atoms with Crippen molar-refractivity contribution in [1.29, 1.82) is 0 Å². The maximum absolute atomic E-state index is 12.1. The van der Waals surface area contributed by atoms with Gasteiger partial charge < -0.3 is 0 Å². The maximum Gasteiger partial charge on any atom is 0.164 e. The monoisotopic (exact) mass is 292 g/mol. The molecular weight excluding hydrogens is 279 g/mol. The molecule has 0 heterocycles. The fourth-order valence-electron chi connectivity index (χ4n) is 1.97. The highest BCUT2D eigenvalue weighted by Crippen LogP contribution is 2.22. The lowest BCUT2D eigenvalue weighted by Crippen LogP contribution is -2.02. The van der Waals surface area contributed by atoms with Crippen molar-refractivity contribution in [3.05, 3.63) is 69.2 Å². The predicted octanol–water partition coefficient (Wildman–Crippen LogP) is 5.12. The molecule has 2 rings (SSSR count). The summed E-state index contributed by atoms with van der Waals surface area (Å²) in [5, 5.41) is 0.988. The molecule has 0 N–H and O–H groups in total. The number of hydrogen-bond donors (Lipinski definition) is 0. The van der Waals surface area contributed by atoms with Gasteiger partial charge in [-0.2, -0.15) is 0 Å². The molecule has 0 aliphatic carbocycles. The van der Waals surface area contributed by atoms with Gasteiger partial charge in [0.1, 0.15) is 0 Å². The van der Waals surface area contributed by atoms with E-state index in [1.807, 2.05) is 25.1 Å². The van der Waals surface area contributed by atoms with Gasteiger partial charge in [0.2, 0.25) is 0 Å². The number of benzene rings is 2. The smallest absolute Gasteiger partial charge is 0.164 e. The number of aryl methyl sites for hydroxylation is 2. The van der Waals surface area contributed by atoms with E-state index < -0.39 is 0 Å². The van der Waals surface area contributed by atoms with Crippen molar-refractivity contribution in [2.45, 2.75) is 19.8 Å². The molecule has 0 aliphatic heterocycles. The first-order valence-electron chi connectivity index (χ1n) is 6.10. The number of ketones is 1. The average Bonchev–Trinajstić information content (AvgIpc) is 2.39. The van der Waals surface area contributed by atoms with Crippen LogP contribution in [-0.4, -0.2) is 5.78 Å². The zero-order valence-corrected chi connectivity index (χ0v) is 12.1. The molecule has 0 bridgehead atoms. The molecule has 0 unspecified atom stereocenters. The van der Waals surface area contributed by atoms with Crippen molar-refractivity contribution < 1.29 is 4.79 Å². The van der Waals surface area contributed by atoms with Crippen molar-refractivity contribution in [2.75, 3.05) is 0 Å². The lowest BCUT2D eigenvalue weighted by Gasteiger charge is -2.05. The molecule has 0 saturated heterocycles. The van der Waals surface area contributed by atoms with Gasteiger partial charge in [0.25, 0.3) is 0 Å². The van der Waals surface area contributed by atoms with E-state index in [9.17, 15) is 4.79 Å². The number of halogens is 2. The fourth-order valence-corrected chi connectivity index (χ4v) is 2.37. The van der Waals surface area contributed by atoms with E-state index in [-0.39, 0.29) is 5.78 Å². The second kappa shape index (κ2) is 6.23. The van der Waals surface area contributed by atoms with Crippen molar-refractivity contribution in [2.24, 2.45) is 0 Å². The summed E-state index contributed by atoms with van der Waals surface area (Å²) in [6, 6.07) is 13.1. The van der Waals surface area contributed by atoms with E-state index in [1.54, 1.807) is 18.2 Å². The van der Waals surface area contributed by atoms with Crippen LogP contribution >= 0.6 is 23.2 Å². The van der Waals surface area contributed by atoms with Gasteiger partial charge in [0.15, 0.2) is 5.78 Å². The van der Waals surface area contributed by atoms with Crippen LogP contribution in [0.25, 0.3) is 0 Å².